The number of hydrogen-bond donors (Lipinski definition) is 2. The average Bonchev–Trinajstić information content (AvgIpc) is 2.03. The lowest BCUT2D eigenvalue weighted by Crippen LogP contribution is -2.39. The van der Waals surface area contributed by atoms with Gasteiger partial charge in [0.05, 0.1) is 6.42 Å². The number of rotatable bonds is 2. The molecule has 1 saturated carbocycles. The Morgan fingerprint density at radius 3 is 2.42 bits per heavy atom. The standard InChI is InChI=1S/C9H17NO2/c1-8(2)3-4-9(10,6-8)5-7(11)12/h3-6,10H2,1-2H3,(H,11,12). The quantitative estimate of drug-likeness (QED) is 0.659. The maximum absolute atomic E-state index is 10.5. The van der Waals surface area contributed by atoms with Gasteiger partial charge in [-0.05, 0) is 24.7 Å². The Morgan fingerprint density at radius 1 is 1.50 bits per heavy atom. The van der Waals surface area contributed by atoms with Crippen LogP contribution in [0.1, 0.15) is 39.5 Å². The van der Waals surface area contributed by atoms with Gasteiger partial charge in [0.15, 0.2) is 0 Å². The first-order valence-electron chi connectivity index (χ1n) is 4.34. The highest BCUT2D eigenvalue weighted by molar-refractivity contribution is 5.68. The Morgan fingerprint density at radius 2 is 2.08 bits per heavy atom. The van der Waals surface area contributed by atoms with Crippen LogP contribution < -0.4 is 5.73 Å². The number of nitrogens with two attached hydrogens (primary N) is 1. The lowest BCUT2D eigenvalue weighted by atomic mass is 9.87. The molecule has 1 fully saturated rings. The molecule has 3 N–H and O–H groups in total. The molecule has 1 aliphatic carbocycles. The Kier molecular flexibility index (Phi) is 2.17. The summed E-state index contributed by atoms with van der Waals surface area (Å²) in [4.78, 5) is 10.5. The zero-order valence-electron chi connectivity index (χ0n) is 7.76. The molecule has 0 aromatic heterocycles. The van der Waals surface area contributed by atoms with Crippen molar-refractivity contribution in [1.82, 2.24) is 0 Å². The van der Waals surface area contributed by atoms with E-state index in [9.17, 15) is 4.79 Å². The Bertz CT molecular complexity index is 201. The van der Waals surface area contributed by atoms with Crippen LogP contribution in [0.2, 0.25) is 0 Å². The number of aliphatic carboxylic acids is 1. The molecule has 3 nitrogen and oxygen atoms in total. The second kappa shape index (κ2) is 2.73. The molecule has 1 rings (SSSR count). The fourth-order valence-electron chi connectivity index (χ4n) is 2.17. The van der Waals surface area contributed by atoms with Crippen LogP contribution in [0.25, 0.3) is 0 Å². The monoisotopic (exact) mass is 171 g/mol. The van der Waals surface area contributed by atoms with Gasteiger partial charge in [-0.1, -0.05) is 13.8 Å². The van der Waals surface area contributed by atoms with E-state index in [0.29, 0.717) is 0 Å². The molecule has 70 valence electrons. The first kappa shape index (κ1) is 9.52. The van der Waals surface area contributed by atoms with Crippen molar-refractivity contribution < 1.29 is 9.90 Å². The number of carbonyl (C=O) groups is 1. The minimum absolute atomic E-state index is 0.108. The molecular weight excluding hydrogens is 154 g/mol. The van der Waals surface area contributed by atoms with Crippen molar-refractivity contribution in [2.75, 3.05) is 0 Å². The van der Waals surface area contributed by atoms with Gasteiger partial charge >= 0.3 is 5.97 Å². The summed E-state index contributed by atoms with van der Waals surface area (Å²) in [7, 11) is 0. The predicted molar refractivity (Wildman–Crippen MR) is 46.8 cm³/mol. The zero-order chi connectivity index (χ0) is 9.41. The number of carboxylic acid groups (broad SMARTS) is 1. The Balaban J connectivity index is 2.58. The molecule has 0 aliphatic heterocycles. The van der Waals surface area contributed by atoms with Crippen LogP contribution in [-0.2, 0) is 4.79 Å². The van der Waals surface area contributed by atoms with Crippen molar-refractivity contribution in [3.8, 4) is 0 Å². The van der Waals surface area contributed by atoms with Crippen molar-refractivity contribution in [3.05, 3.63) is 0 Å². The molecule has 1 unspecified atom stereocenters. The summed E-state index contributed by atoms with van der Waals surface area (Å²) in [6.07, 6.45) is 2.81. The number of carboxylic acids is 1. The summed E-state index contributed by atoms with van der Waals surface area (Å²) in [6, 6.07) is 0. The van der Waals surface area contributed by atoms with Gasteiger partial charge in [0.2, 0.25) is 0 Å². The minimum atomic E-state index is -0.782. The third-order valence-corrected chi connectivity index (χ3v) is 2.63. The van der Waals surface area contributed by atoms with Crippen molar-refractivity contribution >= 4 is 5.97 Å². The van der Waals surface area contributed by atoms with E-state index in [-0.39, 0.29) is 11.8 Å². The molecule has 3 heteroatoms. The van der Waals surface area contributed by atoms with Crippen LogP contribution in [0, 0.1) is 5.41 Å². The van der Waals surface area contributed by atoms with E-state index in [1.807, 2.05) is 0 Å². The highest BCUT2D eigenvalue weighted by Gasteiger charge is 2.41. The summed E-state index contributed by atoms with van der Waals surface area (Å²) in [5.74, 6) is -0.782. The van der Waals surface area contributed by atoms with Gasteiger partial charge < -0.3 is 10.8 Å². The van der Waals surface area contributed by atoms with Gasteiger partial charge in [0, 0.05) is 5.54 Å². The lowest BCUT2D eigenvalue weighted by molar-refractivity contribution is -0.138. The fourth-order valence-corrected chi connectivity index (χ4v) is 2.17. The summed E-state index contributed by atoms with van der Waals surface area (Å²) in [6.45, 7) is 4.28. The van der Waals surface area contributed by atoms with Crippen molar-refractivity contribution in [2.24, 2.45) is 11.1 Å². The first-order chi connectivity index (χ1) is 5.33. The van der Waals surface area contributed by atoms with Crippen LogP contribution in [0.3, 0.4) is 0 Å². The molecule has 0 saturated heterocycles. The van der Waals surface area contributed by atoms with E-state index >= 15 is 0 Å². The van der Waals surface area contributed by atoms with E-state index in [1.54, 1.807) is 0 Å². The lowest BCUT2D eigenvalue weighted by Gasteiger charge is -2.24. The van der Waals surface area contributed by atoms with E-state index < -0.39 is 11.5 Å². The molecule has 0 heterocycles. The third kappa shape index (κ3) is 2.21. The summed E-state index contributed by atoms with van der Waals surface area (Å²) in [5.41, 5.74) is 5.73. The smallest absolute Gasteiger partial charge is 0.305 e. The van der Waals surface area contributed by atoms with E-state index in [2.05, 4.69) is 13.8 Å². The van der Waals surface area contributed by atoms with Crippen molar-refractivity contribution in [2.45, 2.75) is 45.1 Å². The molecule has 0 bridgehead atoms. The summed E-state index contributed by atoms with van der Waals surface area (Å²) in [5, 5.41) is 8.63. The maximum Gasteiger partial charge on any atom is 0.305 e. The topological polar surface area (TPSA) is 63.3 Å². The highest BCUT2D eigenvalue weighted by Crippen LogP contribution is 2.43. The predicted octanol–water partition coefficient (Wildman–Crippen LogP) is 1.37. The molecular formula is C9H17NO2. The third-order valence-electron chi connectivity index (χ3n) is 2.63. The van der Waals surface area contributed by atoms with Gasteiger partial charge in [0.1, 0.15) is 0 Å². The van der Waals surface area contributed by atoms with Gasteiger partial charge in [-0.25, -0.2) is 0 Å². The minimum Gasteiger partial charge on any atom is -0.481 e. The molecule has 0 aromatic rings. The molecule has 0 amide bonds. The van der Waals surface area contributed by atoms with Crippen molar-refractivity contribution in [1.29, 1.82) is 0 Å². The molecule has 0 spiro atoms. The van der Waals surface area contributed by atoms with Gasteiger partial charge in [-0.2, -0.15) is 0 Å². The van der Waals surface area contributed by atoms with Crippen LogP contribution in [0.5, 0.6) is 0 Å². The number of hydrogen-bond acceptors (Lipinski definition) is 2. The fraction of sp³-hybridized carbons (Fsp3) is 0.889. The normalized spacial score (nSPS) is 33.6. The van der Waals surface area contributed by atoms with Crippen LogP contribution in [0.15, 0.2) is 0 Å². The molecule has 1 atom stereocenters. The van der Waals surface area contributed by atoms with E-state index in [0.717, 1.165) is 19.3 Å². The molecule has 0 aromatic carbocycles. The second-order valence-electron chi connectivity index (χ2n) is 4.77. The molecule has 12 heavy (non-hydrogen) atoms. The second-order valence-corrected chi connectivity index (χ2v) is 4.77. The van der Waals surface area contributed by atoms with Gasteiger partial charge in [-0.3, -0.25) is 4.79 Å². The van der Waals surface area contributed by atoms with Crippen LogP contribution in [0.4, 0.5) is 0 Å². The molecule has 0 radical (unpaired) electrons. The SMILES string of the molecule is CC1(C)CCC(N)(CC(=O)O)C1. The zero-order valence-corrected chi connectivity index (χ0v) is 7.76. The Labute approximate surface area is 72.9 Å². The van der Waals surface area contributed by atoms with Crippen LogP contribution in [-0.4, -0.2) is 16.6 Å². The van der Waals surface area contributed by atoms with Crippen LogP contribution >= 0.6 is 0 Å². The van der Waals surface area contributed by atoms with E-state index in [4.69, 9.17) is 10.8 Å². The summed E-state index contributed by atoms with van der Waals surface area (Å²) >= 11 is 0. The maximum atomic E-state index is 10.5. The first-order valence-corrected chi connectivity index (χ1v) is 4.34. The Hall–Kier alpha value is -0.570. The van der Waals surface area contributed by atoms with Crippen molar-refractivity contribution in [3.63, 3.8) is 0 Å². The largest absolute Gasteiger partial charge is 0.481 e. The summed E-state index contributed by atoms with van der Waals surface area (Å²) < 4.78 is 0. The highest BCUT2D eigenvalue weighted by atomic mass is 16.4. The van der Waals surface area contributed by atoms with Gasteiger partial charge in [0.25, 0.3) is 0 Å². The molecule has 1 aliphatic rings. The van der Waals surface area contributed by atoms with E-state index in [1.165, 1.54) is 0 Å². The van der Waals surface area contributed by atoms with Gasteiger partial charge in [-0.15, -0.1) is 0 Å². The average molecular weight is 171 g/mol.